The Morgan fingerprint density at radius 1 is 1.06 bits per heavy atom. The van der Waals surface area contributed by atoms with Crippen LogP contribution in [0, 0.1) is 11.8 Å². The number of aliphatic hydroxyl groups excluding tert-OH is 1. The van der Waals surface area contributed by atoms with E-state index in [1.54, 1.807) is 26.2 Å². The van der Waals surface area contributed by atoms with E-state index in [1.807, 2.05) is 24.3 Å². The van der Waals surface area contributed by atoms with Crippen LogP contribution >= 0.6 is 0 Å². The second kappa shape index (κ2) is 12.6. The summed E-state index contributed by atoms with van der Waals surface area (Å²) in [6, 6.07) is 10.9. The van der Waals surface area contributed by atoms with E-state index in [9.17, 15) is 9.90 Å². The number of aliphatic hydroxyl groups is 1. The number of fused-ring (bicyclic) bond motifs is 1. The van der Waals surface area contributed by atoms with E-state index in [2.05, 4.69) is 22.5 Å². The molecule has 3 N–H and O–H groups in total. The van der Waals surface area contributed by atoms with Gasteiger partial charge < -0.3 is 34.7 Å². The highest BCUT2D eigenvalue weighted by Crippen LogP contribution is 2.38. The minimum Gasteiger partial charge on any atom is -0.497 e. The van der Waals surface area contributed by atoms with Crippen LogP contribution in [0.4, 0.5) is 5.69 Å². The van der Waals surface area contributed by atoms with Gasteiger partial charge in [-0.1, -0.05) is 5.92 Å². The summed E-state index contributed by atoms with van der Waals surface area (Å²) in [6.45, 7) is 3.52. The van der Waals surface area contributed by atoms with Gasteiger partial charge in [-0.2, -0.15) is 0 Å². The molecular formula is C25H30N2O6. The number of carbonyl (C=O) groups excluding carboxylic acids is 1. The second-order valence-corrected chi connectivity index (χ2v) is 7.37. The van der Waals surface area contributed by atoms with Crippen LogP contribution in [-0.2, 0) is 11.2 Å². The maximum absolute atomic E-state index is 11.9. The molecule has 1 heterocycles. The first-order valence-electron chi connectivity index (χ1n) is 10.9. The fourth-order valence-corrected chi connectivity index (χ4v) is 3.30. The summed E-state index contributed by atoms with van der Waals surface area (Å²) < 4.78 is 22.3. The predicted octanol–water partition coefficient (Wildman–Crippen LogP) is 2.39. The van der Waals surface area contributed by atoms with Crippen LogP contribution < -0.4 is 29.6 Å². The van der Waals surface area contributed by atoms with Crippen LogP contribution in [-0.4, -0.2) is 57.1 Å². The molecule has 33 heavy (non-hydrogen) atoms. The quantitative estimate of drug-likeness (QED) is 0.335. The highest BCUT2D eigenvalue weighted by atomic mass is 16.5. The zero-order valence-corrected chi connectivity index (χ0v) is 19.0. The molecule has 0 fully saturated rings. The Balaban J connectivity index is 1.44. The summed E-state index contributed by atoms with van der Waals surface area (Å²) >= 11 is 0. The number of rotatable bonds is 12. The lowest BCUT2D eigenvalue weighted by atomic mass is 10.0. The first-order chi connectivity index (χ1) is 16.1. The summed E-state index contributed by atoms with van der Waals surface area (Å²) in [7, 11) is 1.62. The number of hydrogen-bond acceptors (Lipinski definition) is 7. The number of carbonyl (C=O) groups is 1. The second-order valence-electron chi connectivity index (χ2n) is 7.37. The average Bonchev–Trinajstić information content (AvgIpc) is 2.83. The van der Waals surface area contributed by atoms with Gasteiger partial charge in [0, 0.05) is 25.1 Å². The third-order valence-electron chi connectivity index (χ3n) is 4.99. The van der Waals surface area contributed by atoms with Crippen molar-refractivity contribution in [3.63, 3.8) is 0 Å². The minimum atomic E-state index is -0.699. The molecule has 1 atom stereocenters. The molecule has 1 amide bonds. The zero-order valence-electron chi connectivity index (χ0n) is 19.0. The Hall–Kier alpha value is -3.41. The van der Waals surface area contributed by atoms with Gasteiger partial charge >= 0.3 is 0 Å². The molecule has 0 saturated heterocycles. The van der Waals surface area contributed by atoms with E-state index < -0.39 is 6.10 Å². The van der Waals surface area contributed by atoms with Crippen molar-refractivity contribution >= 4 is 11.6 Å². The molecule has 0 radical (unpaired) electrons. The molecule has 0 aromatic heterocycles. The number of methoxy groups -OCH3 is 1. The topological polar surface area (TPSA) is 98.3 Å². The Bertz CT molecular complexity index is 981. The van der Waals surface area contributed by atoms with Crippen LogP contribution in [0.2, 0.25) is 0 Å². The fourth-order valence-electron chi connectivity index (χ4n) is 3.30. The largest absolute Gasteiger partial charge is 0.497 e. The molecular weight excluding hydrogens is 424 g/mol. The Labute approximate surface area is 194 Å². The number of anilines is 1. The third-order valence-corrected chi connectivity index (χ3v) is 4.99. The Morgan fingerprint density at radius 2 is 1.82 bits per heavy atom. The molecule has 2 aromatic rings. The lowest BCUT2D eigenvalue weighted by Gasteiger charge is -2.23. The van der Waals surface area contributed by atoms with E-state index >= 15 is 0 Å². The van der Waals surface area contributed by atoms with E-state index in [1.165, 1.54) is 0 Å². The van der Waals surface area contributed by atoms with Gasteiger partial charge in [0.1, 0.15) is 48.9 Å². The molecule has 2 aromatic carbocycles. The number of benzene rings is 2. The normalized spacial score (nSPS) is 13.1. The lowest BCUT2D eigenvalue weighted by Crippen LogP contribution is -2.33. The SMILES string of the molecule is CC#CCOc1ccc(OCC(O)CNCCOc2ccc(OC)cc2)c2c1NC(=O)CC2. The van der Waals surface area contributed by atoms with Crippen LogP contribution in [0.1, 0.15) is 18.9 Å². The molecule has 0 saturated carbocycles. The summed E-state index contributed by atoms with van der Waals surface area (Å²) in [4.78, 5) is 11.9. The van der Waals surface area contributed by atoms with Crippen molar-refractivity contribution < 1.29 is 28.8 Å². The highest BCUT2D eigenvalue weighted by molar-refractivity contribution is 5.96. The van der Waals surface area contributed by atoms with Crippen molar-refractivity contribution in [2.24, 2.45) is 0 Å². The highest BCUT2D eigenvalue weighted by Gasteiger charge is 2.23. The number of hydrogen-bond donors (Lipinski definition) is 3. The summed E-state index contributed by atoms with van der Waals surface area (Å²) in [5.41, 5.74) is 1.48. The van der Waals surface area contributed by atoms with Gasteiger partial charge in [-0.05, 0) is 49.7 Å². The molecule has 0 aliphatic carbocycles. The molecule has 1 aliphatic heterocycles. The fraction of sp³-hybridized carbons (Fsp3) is 0.400. The Kier molecular flexibility index (Phi) is 9.24. The molecule has 0 bridgehead atoms. The number of nitrogens with one attached hydrogen (secondary N) is 2. The third kappa shape index (κ3) is 7.31. The van der Waals surface area contributed by atoms with Gasteiger partial charge in [-0.3, -0.25) is 4.79 Å². The molecule has 3 rings (SSSR count). The summed E-state index contributed by atoms with van der Waals surface area (Å²) in [5.74, 6) is 8.28. The van der Waals surface area contributed by atoms with Crippen molar-refractivity contribution in [2.45, 2.75) is 25.9 Å². The van der Waals surface area contributed by atoms with Crippen LogP contribution in [0.3, 0.4) is 0 Å². The molecule has 8 nitrogen and oxygen atoms in total. The molecule has 1 aliphatic rings. The summed E-state index contributed by atoms with van der Waals surface area (Å²) in [6.07, 6.45) is 0.222. The molecule has 0 spiro atoms. The van der Waals surface area contributed by atoms with E-state index in [0.717, 1.165) is 17.1 Å². The molecule has 1 unspecified atom stereocenters. The lowest BCUT2D eigenvalue weighted by molar-refractivity contribution is -0.116. The zero-order chi connectivity index (χ0) is 23.5. The Morgan fingerprint density at radius 3 is 2.58 bits per heavy atom. The van der Waals surface area contributed by atoms with Crippen molar-refractivity contribution in [3.05, 3.63) is 42.0 Å². The number of amides is 1. The first-order valence-corrected chi connectivity index (χ1v) is 10.9. The van der Waals surface area contributed by atoms with Gasteiger partial charge in [0.05, 0.1) is 12.8 Å². The van der Waals surface area contributed by atoms with Crippen LogP contribution in [0.15, 0.2) is 36.4 Å². The number of ether oxygens (including phenoxy) is 4. The minimum absolute atomic E-state index is 0.0628. The van der Waals surface area contributed by atoms with Gasteiger partial charge in [0.15, 0.2) is 0 Å². The smallest absolute Gasteiger partial charge is 0.224 e. The molecule has 8 heteroatoms. The van der Waals surface area contributed by atoms with Gasteiger partial charge in [-0.25, -0.2) is 0 Å². The predicted molar refractivity (Wildman–Crippen MR) is 125 cm³/mol. The van der Waals surface area contributed by atoms with Gasteiger partial charge in [0.2, 0.25) is 5.91 Å². The van der Waals surface area contributed by atoms with Gasteiger partial charge in [0.25, 0.3) is 0 Å². The van der Waals surface area contributed by atoms with Crippen molar-refractivity contribution in [1.82, 2.24) is 5.32 Å². The van der Waals surface area contributed by atoms with E-state index in [4.69, 9.17) is 18.9 Å². The van der Waals surface area contributed by atoms with Crippen molar-refractivity contribution in [1.29, 1.82) is 0 Å². The maximum Gasteiger partial charge on any atom is 0.224 e. The summed E-state index contributed by atoms with van der Waals surface area (Å²) in [5, 5.41) is 16.3. The monoisotopic (exact) mass is 454 g/mol. The average molecular weight is 455 g/mol. The van der Waals surface area contributed by atoms with Crippen molar-refractivity contribution in [3.8, 4) is 34.8 Å². The van der Waals surface area contributed by atoms with E-state index in [0.29, 0.717) is 49.7 Å². The standard InChI is InChI=1S/C25H30N2O6/c1-3-4-14-32-23-11-10-22(21-9-12-24(29)27-25(21)23)33-17-18(28)16-26-13-15-31-20-7-5-19(30-2)6-8-20/h5-8,10-11,18,26,28H,9,12-17H2,1-2H3,(H,27,29). The molecule has 176 valence electrons. The van der Waals surface area contributed by atoms with Crippen molar-refractivity contribution in [2.75, 3.05) is 45.3 Å². The van der Waals surface area contributed by atoms with Crippen LogP contribution in [0.5, 0.6) is 23.0 Å². The maximum atomic E-state index is 11.9. The van der Waals surface area contributed by atoms with Gasteiger partial charge in [-0.15, -0.1) is 5.92 Å². The van der Waals surface area contributed by atoms with E-state index in [-0.39, 0.29) is 19.1 Å². The first kappa shape index (κ1) is 24.2. The van der Waals surface area contributed by atoms with Crippen LogP contribution in [0.25, 0.3) is 0 Å².